The number of nitrogens with zero attached hydrogens (tertiary/aromatic N) is 2. The topological polar surface area (TPSA) is 37.6 Å². The average molecular weight is 369 g/mol. The maximum absolute atomic E-state index is 13.2. The number of thiazole rings is 1. The molecule has 1 aromatic heterocycles. The number of hydrogen-bond donors (Lipinski definition) is 1. The minimum Gasteiger partial charge on any atom is -0.338 e. The fourth-order valence-corrected chi connectivity index (χ4v) is 3.82. The van der Waals surface area contributed by atoms with E-state index in [0.29, 0.717) is 12.1 Å². The van der Waals surface area contributed by atoms with E-state index in [1.165, 1.54) is 16.0 Å². The molecule has 136 valence electrons. The number of amides is 1. The fraction of sp³-hybridized carbons (Fsp3) is 0.333. The van der Waals surface area contributed by atoms with Crippen LogP contribution in [0.5, 0.6) is 0 Å². The molecule has 1 heterocycles. The summed E-state index contributed by atoms with van der Waals surface area (Å²) in [6.45, 7) is 7.75. The Morgan fingerprint density at radius 1 is 1.08 bits per heavy atom. The molecule has 0 spiro atoms. The van der Waals surface area contributed by atoms with Crippen LogP contribution in [0.25, 0.3) is 10.2 Å². The lowest BCUT2D eigenvalue weighted by Crippen LogP contribution is -3.06. The van der Waals surface area contributed by atoms with Crippen molar-refractivity contribution in [2.45, 2.75) is 20.8 Å². The maximum atomic E-state index is 13.2. The lowest BCUT2D eigenvalue weighted by molar-refractivity contribution is -0.856. The van der Waals surface area contributed by atoms with Crippen LogP contribution >= 0.6 is 11.3 Å². The Morgan fingerprint density at radius 2 is 1.73 bits per heavy atom. The molecule has 2 aromatic carbocycles. The van der Waals surface area contributed by atoms with Gasteiger partial charge in [0.15, 0.2) is 5.13 Å². The Hall–Kier alpha value is -2.24. The summed E-state index contributed by atoms with van der Waals surface area (Å²) in [6.07, 6.45) is 0. The number of anilines is 1. The molecule has 0 unspecified atom stereocenters. The van der Waals surface area contributed by atoms with Crippen LogP contribution < -0.4 is 9.80 Å². The summed E-state index contributed by atoms with van der Waals surface area (Å²) in [5.74, 6) is 0.0127. The highest BCUT2D eigenvalue weighted by molar-refractivity contribution is 7.22. The van der Waals surface area contributed by atoms with Crippen LogP contribution in [0.2, 0.25) is 0 Å². The van der Waals surface area contributed by atoms with Crippen molar-refractivity contribution in [3.8, 4) is 0 Å². The summed E-state index contributed by atoms with van der Waals surface area (Å²) in [5.41, 5.74) is 5.30. The molecule has 3 rings (SSSR count). The smallest absolute Gasteiger partial charge is 0.260 e. The van der Waals surface area contributed by atoms with Crippen LogP contribution in [0.3, 0.4) is 0 Å². The predicted octanol–water partition coefficient (Wildman–Crippen LogP) is 3.01. The number of fused-ring (bicyclic) bond motifs is 1. The predicted molar refractivity (Wildman–Crippen MR) is 110 cm³/mol. The van der Waals surface area contributed by atoms with Gasteiger partial charge in [-0.3, -0.25) is 9.69 Å². The number of carbonyl (C=O) groups excluding carboxylic acids is 1. The molecule has 0 saturated carbocycles. The lowest BCUT2D eigenvalue weighted by atomic mass is 10.1. The third kappa shape index (κ3) is 3.94. The monoisotopic (exact) mass is 368 g/mol. The molecule has 1 N–H and O–H groups in total. The number of quaternary nitrogens is 1. The number of aryl methyl sites for hydroxylation is 3. The molecule has 26 heavy (non-hydrogen) atoms. The molecule has 0 aliphatic heterocycles. The summed E-state index contributed by atoms with van der Waals surface area (Å²) in [4.78, 5) is 21.1. The van der Waals surface area contributed by atoms with Gasteiger partial charge in [0.25, 0.3) is 5.91 Å². The Morgan fingerprint density at radius 3 is 2.38 bits per heavy atom. The van der Waals surface area contributed by atoms with E-state index >= 15 is 0 Å². The van der Waals surface area contributed by atoms with Gasteiger partial charge in [-0.25, -0.2) is 4.98 Å². The molecule has 0 saturated heterocycles. The third-order valence-corrected chi connectivity index (χ3v) is 5.64. The summed E-state index contributed by atoms with van der Waals surface area (Å²) in [7, 11) is 4.19. The summed E-state index contributed by atoms with van der Waals surface area (Å²) >= 11 is 1.59. The highest BCUT2D eigenvalue weighted by atomic mass is 32.1. The molecule has 0 aliphatic rings. The zero-order chi connectivity index (χ0) is 18.8. The third-order valence-electron chi connectivity index (χ3n) is 4.60. The van der Waals surface area contributed by atoms with Gasteiger partial charge < -0.3 is 4.90 Å². The van der Waals surface area contributed by atoms with Gasteiger partial charge in [0, 0.05) is 5.56 Å². The minimum atomic E-state index is 0.0127. The summed E-state index contributed by atoms with van der Waals surface area (Å²) in [6, 6.07) is 12.0. The standard InChI is InChI=1S/C21H25N3OS/c1-14-6-8-17(9-7-14)20(25)24(11-10-23(4)5)21-22-18-12-15(2)16(3)13-19(18)26-21/h6-9,12-13H,10-11H2,1-5H3/p+1. The molecule has 3 aromatic rings. The minimum absolute atomic E-state index is 0.0127. The largest absolute Gasteiger partial charge is 0.338 e. The number of aromatic nitrogens is 1. The molecule has 1 amide bonds. The van der Waals surface area contributed by atoms with Gasteiger partial charge in [-0.2, -0.15) is 0 Å². The number of likely N-dealkylation sites (N-methyl/N-ethyl adjacent to an activating group) is 1. The van der Waals surface area contributed by atoms with Crippen LogP contribution in [0, 0.1) is 20.8 Å². The molecule has 0 atom stereocenters. The molecule has 4 nitrogen and oxygen atoms in total. The zero-order valence-corrected chi connectivity index (χ0v) is 16.9. The average Bonchev–Trinajstić information content (AvgIpc) is 2.98. The lowest BCUT2D eigenvalue weighted by Gasteiger charge is -2.20. The highest BCUT2D eigenvalue weighted by Gasteiger charge is 2.22. The number of carbonyl (C=O) groups is 1. The number of benzene rings is 2. The summed E-state index contributed by atoms with van der Waals surface area (Å²) in [5, 5.41) is 0.775. The Labute approximate surface area is 159 Å². The first-order valence-electron chi connectivity index (χ1n) is 8.90. The second-order valence-corrected chi connectivity index (χ2v) is 8.19. The van der Waals surface area contributed by atoms with E-state index in [2.05, 4.69) is 40.1 Å². The van der Waals surface area contributed by atoms with Gasteiger partial charge in [-0.15, -0.1) is 0 Å². The Bertz CT molecular complexity index is 889. The van der Waals surface area contributed by atoms with E-state index in [0.717, 1.165) is 27.5 Å². The second-order valence-electron chi connectivity index (χ2n) is 7.18. The normalized spacial score (nSPS) is 11.3. The van der Waals surface area contributed by atoms with Crippen molar-refractivity contribution in [1.82, 2.24) is 4.98 Å². The van der Waals surface area contributed by atoms with Gasteiger partial charge in [0.1, 0.15) is 0 Å². The van der Waals surface area contributed by atoms with Crippen LogP contribution in [0.15, 0.2) is 36.4 Å². The molecule has 0 fully saturated rings. The van der Waals surface area contributed by atoms with E-state index < -0.39 is 0 Å². The SMILES string of the molecule is Cc1ccc(C(=O)N(CC[NH+](C)C)c2nc3cc(C)c(C)cc3s2)cc1. The van der Waals surface area contributed by atoms with Crippen molar-refractivity contribution in [2.75, 3.05) is 32.1 Å². The molecular weight excluding hydrogens is 342 g/mol. The first-order chi connectivity index (χ1) is 12.3. The van der Waals surface area contributed by atoms with E-state index in [1.807, 2.05) is 36.1 Å². The summed E-state index contributed by atoms with van der Waals surface area (Å²) < 4.78 is 1.13. The van der Waals surface area contributed by atoms with E-state index in [9.17, 15) is 4.79 Å². The van der Waals surface area contributed by atoms with Gasteiger partial charge in [-0.05, 0) is 56.2 Å². The van der Waals surface area contributed by atoms with E-state index in [4.69, 9.17) is 4.98 Å². The number of nitrogens with one attached hydrogen (secondary N) is 1. The molecule has 0 aliphatic carbocycles. The first kappa shape index (κ1) is 18.5. The van der Waals surface area contributed by atoms with Crippen LogP contribution in [-0.2, 0) is 0 Å². The quantitative estimate of drug-likeness (QED) is 0.752. The van der Waals surface area contributed by atoms with Gasteiger partial charge in [0.2, 0.25) is 0 Å². The van der Waals surface area contributed by atoms with Crippen molar-refractivity contribution < 1.29 is 9.69 Å². The number of rotatable bonds is 5. The molecule has 0 bridgehead atoms. The highest BCUT2D eigenvalue weighted by Crippen LogP contribution is 2.31. The van der Waals surface area contributed by atoms with Crippen molar-refractivity contribution in [3.05, 3.63) is 58.7 Å². The van der Waals surface area contributed by atoms with E-state index in [1.54, 1.807) is 11.3 Å². The maximum Gasteiger partial charge on any atom is 0.260 e. The first-order valence-corrected chi connectivity index (χ1v) is 9.72. The van der Waals surface area contributed by atoms with Crippen LogP contribution in [-0.4, -0.2) is 38.1 Å². The van der Waals surface area contributed by atoms with Crippen molar-refractivity contribution in [1.29, 1.82) is 0 Å². The Balaban J connectivity index is 2.00. The van der Waals surface area contributed by atoms with Crippen LogP contribution in [0.4, 0.5) is 5.13 Å². The van der Waals surface area contributed by atoms with Gasteiger partial charge >= 0.3 is 0 Å². The van der Waals surface area contributed by atoms with E-state index in [-0.39, 0.29) is 5.91 Å². The molecular formula is C21H26N3OS+. The fourth-order valence-electron chi connectivity index (χ4n) is 2.75. The number of hydrogen-bond acceptors (Lipinski definition) is 3. The van der Waals surface area contributed by atoms with Crippen molar-refractivity contribution in [2.24, 2.45) is 0 Å². The Kier molecular flexibility index (Phi) is 5.39. The van der Waals surface area contributed by atoms with Crippen molar-refractivity contribution >= 4 is 32.6 Å². The van der Waals surface area contributed by atoms with Gasteiger partial charge in [0.05, 0.1) is 37.4 Å². The zero-order valence-electron chi connectivity index (χ0n) is 16.1. The molecule has 0 radical (unpaired) electrons. The molecule has 5 heteroatoms. The van der Waals surface area contributed by atoms with Crippen molar-refractivity contribution in [3.63, 3.8) is 0 Å². The van der Waals surface area contributed by atoms with Gasteiger partial charge in [-0.1, -0.05) is 29.0 Å². The second kappa shape index (κ2) is 7.56. The van der Waals surface area contributed by atoms with Crippen LogP contribution in [0.1, 0.15) is 27.0 Å².